The molecule has 2 aromatic rings. The van der Waals surface area contributed by atoms with Gasteiger partial charge in [-0.25, -0.2) is 0 Å². The van der Waals surface area contributed by atoms with Gasteiger partial charge in [0.15, 0.2) is 5.96 Å². The predicted molar refractivity (Wildman–Crippen MR) is 109 cm³/mol. The fourth-order valence-electron chi connectivity index (χ4n) is 2.42. The lowest BCUT2D eigenvalue weighted by Crippen LogP contribution is -2.41. The van der Waals surface area contributed by atoms with Gasteiger partial charge < -0.3 is 21.1 Å². The Labute approximate surface area is 158 Å². The van der Waals surface area contributed by atoms with E-state index in [0.29, 0.717) is 25.5 Å². The van der Waals surface area contributed by atoms with Crippen molar-refractivity contribution in [2.45, 2.75) is 38.8 Å². The van der Waals surface area contributed by atoms with Crippen LogP contribution in [0, 0.1) is 0 Å². The Morgan fingerprint density at radius 3 is 2.77 bits per heavy atom. The quantitative estimate of drug-likeness (QED) is 0.421. The normalized spacial score (nSPS) is 14.1. The molecule has 142 valence electrons. The van der Waals surface area contributed by atoms with E-state index in [1.54, 1.807) is 18.4 Å². The predicted octanol–water partition coefficient (Wildman–Crippen LogP) is 2.40. The molecule has 4 N–H and O–H groups in total. The SMILES string of the molecule is CCC(C)NC(=O)CCNC(=NC)NCC(O)c1cc2ccccc2s1. The van der Waals surface area contributed by atoms with Crippen LogP contribution in [0.5, 0.6) is 0 Å². The van der Waals surface area contributed by atoms with Crippen LogP contribution < -0.4 is 16.0 Å². The lowest BCUT2D eigenvalue weighted by Gasteiger charge is -2.15. The van der Waals surface area contributed by atoms with E-state index < -0.39 is 6.10 Å². The average Bonchev–Trinajstić information content (AvgIpc) is 3.08. The fraction of sp³-hybridized carbons (Fsp3) is 0.474. The van der Waals surface area contributed by atoms with Gasteiger partial charge in [-0.05, 0) is 30.9 Å². The number of carbonyl (C=O) groups excluding carboxylic acids is 1. The van der Waals surface area contributed by atoms with Crippen molar-refractivity contribution in [1.29, 1.82) is 0 Å². The van der Waals surface area contributed by atoms with Crippen molar-refractivity contribution in [3.05, 3.63) is 35.2 Å². The summed E-state index contributed by atoms with van der Waals surface area (Å²) in [6, 6.07) is 10.3. The smallest absolute Gasteiger partial charge is 0.221 e. The minimum Gasteiger partial charge on any atom is -0.386 e. The molecule has 2 rings (SSSR count). The molecule has 0 radical (unpaired) electrons. The molecular weight excluding hydrogens is 348 g/mol. The molecule has 0 aliphatic heterocycles. The summed E-state index contributed by atoms with van der Waals surface area (Å²) in [4.78, 5) is 16.8. The van der Waals surface area contributed by atoms with E-state index >= 15 is 0 Å². The lowest BCUT2D eigenvalue weighted by molar-refractivity contribution is -0.121. The summed E-state index contributed by atoms with van der Waals surface area (Å²) in [5, 5.41) is 20.7. The highest BCUT2D eigenvalue weighted by molar-refractivity contribution is 7.19. The van der Waals surface area contributed by atoms with Gasteiger partial charge in [0, 0.05) is 42.2 Å². The van der Waals surface area contributed by atoms with Crippen molar-refractivity contribution in [1.82, 2.24) is 16.0 Å². The highest BCUT2D eigenvalue weighted by atomic mass is 32.1. The first-order valence-corrected chi connectivity index (χ1v) is 9.75. The lowest BCUT2D eigenvalue weighted by atomic mass is 10.2. The first-order valence-electron chi connectivity index (χ1n) is 8.94. The number of amides is 1. The number of nitrogens with one attached hydrogen (secondary N) is 3. The van der Waals surface area contributed by atoms with E-state index in [2.05, 4.69) is 27.0 Å². The van der Waals surface area contributed by atoms with Gasteiger partial charge in [-0.3, -0.25) is 9.79 Å². The second-order valence-corrected chi connectivity index (χ2v) is 7.32. The van der Waals surface area contributed by atoms with Crippen LogP contribution >= 0.6 is 11.3 Å². The molecule has 1 aromatic carbocycles. The van der Waals surface area contributed by atoms with Gasteiger partial charge in [-0.1, -0.05) is 25.1 Å². The number of thiophene rings is 1. The van der Waals surface area contributed by atoms with Gasteiger partial charge in [0.1, 0.15) is 6.10 Å². The summed E-state index contributed by atoms with van der Waals surface area (Å²) < 4.78 is 1.16. The van der Waals surface area contributed by atoms with Crippen LogP contribution in [0.25, 0.3) is 10.1 Å². The molecule has 6 nitrogen and oxygen atoms in total. The van der Waals surface area contributed by atoms with Crippen molar-refractivity contribution in [2.75, 3.05) is 20.1 Å². The summed E-state index contributed by atoms with van der Waals surface area (Å²) in [6.45, 7) is 4.87. The first kappa shape index (κ1) is 20.2. The summed E-state index contributed by atoms with van der Waals surface area (Å²) in [5.74, 6) is 0.592. The molecule has 0 aliphatic carbocycles. The van der Waals surface area contributed by atoms with E-state index in [9.17, 15) is 9.90 Å². The highest BCUT2D eigenvalue weighted by Crippen LogP contribution is 2.29. The van der Waals surface area contributed by atoms with Crippen molar-refractivity contribution in [2.24, 2.45) is 4.99 Å². The number of rotatable bonds is 8. The van der Waals surface area contributed by atoms with Gasteiger partial charge in [0.25, 0.3) is 0 Å². The number of aliphatic imine (C=N–C) groups is 1. The molecule has 0 saturated carbocycles. The van der Waals surface area contributed by atoms with E-state index in [1.165, 1.54) is 0 Å². The van der Waals surface area contributed by atoms with Crippen LogP contribution in [0.1, 0.15) is 37.7 Å². The Hall–Kier alpha value is -2.12. The first-order chi connectivity index (χ1) is 12.5. The Balaban J connectivity index is 1.76. The maximum absolute atomic E-state index is 11.8. The Bertz CT molecular complexity index is 711. The Morgan fingerprint density at radius 1 is 1.31 bits per heavy atom. The van der Waals surface area contributed by atoms with Crippen LogP contribution in [-0.2, 0) is 4.79 Å². The van der Waals surface area contributed by atoms with E-state index in [4.69, 9.17) is 0 Å². The van der Waals surface area contributed by atoms with Crippen molar-refractivity contribution in [3.63, 3.8) is 0 Å². The molecule has 0 spiro atoms. The van der Waals surface area contributed by atoms with E-state index in [-0.39, 0.29) is 11.9 Å². The Morgan fingerprint density at radius 2 is 2.08 bits per heavy atom. The number of guanidine groups is 1. The molecule has 26 heavy (non-hydrogen) atoms. The molecule has 0 bridgehead atoms. The minimum absolute atomic E-state index is 0.0209. The van der Waals surface area contributed by atoms with Crippen molar-refractivity contribution in [3.8, 4) is 0 Å². The molecule has 2 unspecified atom stereocenters. The molecule has 0 fully saturated rings. The van der Waals surface area contributed by atoms with Gasteiger partial charge in [-0.15, -0.1) is 11.3 Å². The third-order valence-electron chi connectivity index (χ3n) is 4.12. The molecule has 1 amide bonds. The fourth-order valence-corrected chi connectivity index (χ4v) is 3.48. The van der Waals surface area contributed by atoms with Gasteiger partial charge in [-0.2, -0.15) is 0 Å². The summed E-state index contributed by atoms with van der Waals surface area (Å²) in [6.07, 6.45) is 0.682. The van der Waals surface area contributed by atoms with Crippen molar-refractivity contribution < 1.29 is 9.90 Å². The van der Waals surface area contributed by atoms with Gasteiger partial charge >= 0.3 is 0 Å². The maximum atomic E-state index is 11.8. The monoisotopic (exact) mass is 376 g/mol. The number of aliphatic hydroxyl groups is 1. The molecule has 2 atom stereocenters. The number of fused-ring (bicyclic) bond motifs is 1. The standard InChI is InChI=1S/C19H28N4O2S/c1-4-13(2)23-18(25)9-10-21-19(20-3)22-12-15(24)17-11-14-7-5-6-8-16(14)26-17/h5-8,11,13,15,24H,4,9-10,12H2,1-3H3,(H,23,25)(H2,20,21,22). The maximum Gasteiger partial charge on any atom is 0.221 e. The molecule has 7 heteroatoms. The minimum atomic E-state index is -0.611. The largest absolute Gasteiger partial charge is 0.386 e. The van der Waals surface area contributed by atoms with Crippen LogP contribution in [0.4, 0.5) is 0 Å². The number of carbonyl (C=O) groups is 1. The summed E-state index contributed by atoms with van der Waals surface area (Å²) >= 11 is 1.59. The van der Waals surface area contributed by atoms with Crippen LogP contribution in [0.3, 0.4) is 0 Å². The van der Waals surface area contributed by atoms with Crippen LogP contribution in [-0.4, -0.2) is 43.2 Å². The third kappa shape index (κ3) is 6.00. The van der Waals surface area contributed by atoms with Gasteiger partial charge in [0.05, 0.1) is 0 Å². The van der Waals surface area contributed by atoms with Crippen LogP contribution in [0.2, 0.25) is 0 Å². The van der Waals surface area contributed by atoms with Gasteiger partial charge in [0.2, 0.25) is 5.91 Å². The highest BCUT2D eigenvalue weighted by Gasteiger charge is 2.12. The summed E-state index contributed by atoms with van der Waals surface area (Å²) in [7, 11) is 1.67. The number of benzene rings is 1. The molecule has 0 saturated heterocycles. The molecule has 1 aromatic heterocycles. The molecule has 0 aliphatic rings. The summed E-state index contributed by atoms with van der Waals surface area (Å²) in [5.41, 5.74) is 0. The number of hydrogen-bond acceptors (Lipinski definition) is 4. The number of nitrogens with zero attached hydrogens (tertiary/aromatic N) is 1. The zero-order valence-corrected chi connectivity index (χ0v) is 16.4. The number of aliphatic hydroxyl groups excluding tert-OH is 1. The second kappa shape index (κ2) is 10.1. The Kier molecular flexibility index (Phi) is 7.87. The molecular formula is C19H28N4O2S. The molecule has 1 heterocycles. The third-order valence-corrected chi connectivity index (χ3v) is 5.34. The van der Waals surface area contributed by atoms with Crippen LogP contribution in [0.15, 0.2) is 35.3 Å². The van der Waals surface area contributed by atoms with E-state index in [0.717, 1.165) is 21.4 Å². The average molecular weight is 377 g/mol. The number of hydrogen-bond donors (Lipinski definition) is 4. The zero-order chi connectivity index (χ0) is 18.9. The van der Waals surface area contributed by atoms with E-state index in [1.807, 2.05) is 38.1 Å². The second-order valence-electron chi connectivity index (χ2n) is 6.21. The van der Waals surface area contributed by atoms with Crippen molar-refractivity contribution >= 4 is 33.3 Å². The zero-order valence-electron chi connectivity index (χ0n) is 15.6. The topological polar surface area (TPSA) is 85.8 Å².